The minimum atomic E-state index is 0.739. The van der Waals surface area contributed by atoms with Crippen molar-refractivity contribution in [3.63, 3.8) is 0 Å². The molecule has 0 atom stereocenters. The number of hydrogen-bond donors (Lipinski definition) is 0. The van der Waals surface area contributed by atoms with Crippen LogP contribution in [0.2, 0.25) is 0 Å². The van der Waals surface area contributed by atoms with Crippen molar-refractivity contribution in [2.75, 3.05) is 0 Å². The molecule has 0 saturated heterocycles. The van der Waals surface area contributed by atoms with Crippen LogP contribution >= 0.6 is 0 Å². The SMILES string of the molecule is CCCCCCCCCCCc1ccc(-c2ncc(CCCCCCCCC)cn2)nc1. The van der Waals surface area contributed by atoms with E-state index in [1.54, 1.807) is 0 Å². The van der Waals surface area contributed by atoms with Gasteiger partial charge in [-0.1, -0.05) is 110 Å². The number of rotatable bonds is 19. The van der Waals surface area contributed by atoms with Crippen molar-refractivity contribution in [2.45, 2.75) is 129 Å². The van der Waals surface area contributed by atoms with Gasteiger partial charge in [-0.2, -0.15) is 0 Å². The van der Waals surface area contributed by atoms with Crippen LogP contribution in [-0.4, -0.2) is 15.0 Å². The molecule has 0 radical (unpaired) electrons. The molecule has 0 aliphatic heterocycles. The molecule has 178 valence electrons. The summed E-state index contributed by atoms with van der Waals surface area (Å²) in [6.07, 6.45) is 29.9. The van der Waals surface area contributed by atoms with E-state index in [-0.39, 0.29) is 0 Å². The Hall–Kier alpha value is -1.77. The molecule has 0 fully saturated rings. The third-order valence-corrected chi connectivity index (χ3v) is 6.40. The monoisotopic (exact) mass is 437 g/mol. The molecular formula is C29H47N3. The summed E-state index contributed by atoms with van der Waals surface area (Å²) in [6.45, 7) is 4.55. The summed E-state index contributed by atoms with van der Waals surface area (Å²) in [5.74, 6) is 0.739. The Morgan fingerprint density at radius 1 is 0.469 bits per heavy atom. The Labute approximate surface area is 197 Å². The van der Waals surface area contributed by atoms with Crippen molar-refractivity contribution in [3.8, 4) is 11.5 Å². The normalized spacial score (nSPS) is 11.2. The minimum Gasteiger partial charge on any atom is -0.253 e. The van der Waals surface area contributed by atoms with Crippen LogP contribution in [0.25, 0.3) is 11.5 Å². The molecule has 2 aromatic rings. The van der Waals surface area contributed by atoms with E-state index < -0.39 is 0 Å². The first-order valence-corrected chi connectivity index (χ1v) is 13.6. The summed E-state index contributed by atoms with van der Waals surface area (Å²) in [5.41, 5.74) is 3.44. The molecule has 2 rings (SSSR count). The van der Waals surface area contributed by atoms with Crippen LogP contribution in [0, 0.1) is 0 Å². The zero-order valence-corrected chi connectivity index (χ0v) is 21.0. The third-order valence-electron chi connectivity index (χ3n) is 6.40. The summed E-state index contributed by atoms with van der Waals surface area (Å²) >= 11 is 0. The fourth-order valence-electron chi connectivity index (χ4n) is 4.25. The number of aromatic nitrogens is 3. The van der Waals surface area contributed by atoms with Gasteiger partial charge in [0.1, 0.15) is 5.69 Å². The maximum atomic E-state index is 4.62. The van der Waals surface area contributed by atoms with Gasteiger partial charge in [-0.05, 0) is 42.9 Å². The standard InChI is InChI=1S/C29H47N3/c1-3-5-7-9-11-12-14-15-17-19-26-21-22-28(30-23-26)29-31-24-27(25-32-29)20-18-16-13-10-8-6-4-2/h21-25H,3-20H2,1-2H3. The summed E-state index contributed by atoms with van der Waals surface area (Å²) in [6, 6.07) is 4.28. The quantitative estimate of drug-likeness (QED) is 0.206. The van der Waals surface area contributed by atoms with Gasteiger partial charge in [0.15, 0.2) is 5.82 Å². The second kappa shape index (κ2) is 17.7. The van der Waals surface area contributed by atoms with Gasteiger partial charge in [0.25, 0.3) is 0 Å². The summed E-state index contributed by atoms with van der Waals surface area (Å²) in [5, 5.41) is 0. The molecule has 0 unspecified atom stereocenters. The van der Waals surface area contributed by atoms with Gasteiger partial charge in [-0.3, -0.25) is 4.98 Å². The summed E-state index contributed by atoms with van der Waals surface area (Å²) in [7, 11) is 0. The van der Waals surface area contributed by atoms with E-state index in [0.29, 0.717) is 0 Å². The van der Waals surface area contributed by atoms with Crippen molar-refractivity contribution in [2.24, 2.45) is 0 Å². The molecule has 2 aromatic heterocycles. The van der Waals surface area contributed by atoms with Crippen molar-refractivity contribution in [3.05, 3.63) is 41.9 Å². The fraction of sp³-hybridized carbons (Fsp3) is 0.690. The van der Waals surface area contributed by atoms with Crippen molar-refractivity contribution >= 4 is 0 Å². The molecule has 3 heteroatoms. The van der Waals surface area contributed by atoms with Crippen LogP contribution in [0.3, 0.4) is 0 Å². The topological polar surface area (TPSA) is 38.7 Å². The van der Waals surface area contributed by atoms with Gasteiger partial charge in [0.05, 0.1) is 0 Å². The Morgan fingerprint density at radius 3 is 1.38 bits per heavy atom. The first kappa shape index (κ1) is 26.5. The Kier molecular flexibility index (Phi) is 14.7. The van der Waals surface area contributed by atoms with Crippen LogP contribution in [-0.2, 0) is 12.8 Å². The number of aryl methyl sites for hydroxylation is 2. The molecule has 0 aliphatic carbocycles. The van der Waals surface area contributed by atoms with Crippen LogP contribution in [0.1, 0.15) is 128 Å². The maximum Gasteiger partial charge on any atom is 0.178 e. The number of pyridine rings is 1. The zero-order valence-electron chi connectivity index (χ0n) is 21.0. The van der Waals surface area contributed by atoms with E-state index in [2.05, 4.69) is 40.9 Å². The maximum absolute atomic E-state index is 4.62. The second-order valence-electron chi connectivity index (χ2n) is 9.42. The van der Waals surface area contributed by atoms with Crippen LogP contribution in [0.15, 0.2) is 30.7 Å². The molecule has 0 bridgehead atoms. The predicted molar refractivity (Wildman–Crippen MR) is 138 cm³/mol. The first-order valence-electron chi connectivity index (χ1n) is 13.6. The molecule has 0 aliphatic rings. The van der Waals surface area contributed by atoms with Gasteiger partial charge in [0, 0.05) is 18.6 Å². The van der Waals surface area contributed by atoms with Crippen LogP contribution in [0.4, 0.5) is 0 Å². The number of hydrogen-bond acceptors (Lipinski definition) is 3. The fourth-order valence-corrected chi connectivity index (χ4v) is 4.25. The Morgan fingerprint density at radius 2 is 0.906 bits per heavy atom. The molecular weight excluding hydrogens is 390 g/mol. The lowest BCUT2D eigenvalue weighted by atomic mass is 10.0. The van der Waals surface area contributed by atoms with Crippen molar-refractivity contribution in [1.29, 1.82) is 0 Å². The van der Waals surface area contributed by atoms with Gasteiger partial charge in [-0.25, -0.2) is 9.97 Å². The smallest absolute Gasteiger partial charge is 0.178 e. The van der Waals surface area contributed by atoms with E-state index in [4.69, 9.17) is 0 Å². The molecule has 0 saturated carbocycles. The van der Waals surface area contributed by atoms with E-state index in [0.717, 1.165) is 24.4 Å². The Bertz CT molecular complexity index is 679. The highest BCUT2D eigenvalue weighted by molar-refractivity contribution is 5.48. The average Bonchev–Trinajstić information content (AvgIpc) is 2.83. The first-order chi connectivity index (χ1) is 15.8. The highest BCUT2D eigenvalue weighted by Crippen LogP contribution is 2.16. The third kappa shape index (κ3) is 11.7. The van der Waals surface area contributed by atoms with Gasteiger partial charge in [-0.15, -0.1) is 0 Å². The van der Waals surface area contributed by atoms with Crippen LogP contribution < -0.4 is 0 Å². The molecule has 0 aromatic carbocycles. The van der Waals surface area contributed by atoms with Crippen molar-refractivity contribution < 1.29 is 0 Å². The largest absolute Gasteiger partial charge is 0.253 e. The number of nitrogens with zero attached hydrogens (tertiary/aromatic N) is 3. The van der Waals surface area contributed by atoms with Gasteiger partial charge < -0.3 is 0 Å². The van der Waals surface area contributed by atoms with Gasteiger partial charge in [0.2, 0.25) is 0 Å². The number of unbranched alkanes of at least 4 members (excludes halogenated alkanes) is 14. The molecule has 32 heavy (non-hydrogen) atoms. The lowest BCUT2D eigenvalue weighted by Gasteiger charge is -2.05. The van der Waals surface area contributed by atoms with Crippen LogP contribution in [0.5, 0.6) is 0 Å². The molecule has 3 nitrogen and oxygen atoms in total. The highest BCUT2D eigenvalue weighted by Gasteiger charge is 2.04. The molecule has 0 amide bonds. The highest BCUT2D eigenvalue weighted by atomic mass is 14.9. The minimum absolute atomic E-state index is 0.739. The molecule has 2 heterocycles. The summed E-state index contributed by atoms with van der Waals surface area (Å²) in [4.78, 5) is 13.8. The summed E-state index contributed by atoms with van der Waals surface area (Å²) < 4.78 is 0. The van der Waals surface area contributed by atoms with E-state index in [1.807, 2.05) is 18.6 Å². The second-order valence-corrected chi connectivity index (χ2v) is 9.42. The van der Waals surface area contributed by atoms with E-state index in [1.165, 1.54) is 114 Å². The molecule has 0 spiro atoms. The van der Waals surface area contributed by atoms with E-state index >= 15 is 0 Å². The van der Waals surface area contributed by atoms with Crippen molar-refractivity contribution in [1.82, 2.24) is 15.0 Å². The lowest BCUT2D eigenvalue weighted by molar-refractivity contribution is 0.564. The van der Waals surface area contributed by atoms with Gasteiger partial charge >= 0.3 is 0 Å². The predicted octanol–water partition coefficient (Wildman–Crippen LogP) is 8.91. The Balaban J connectivity index is 1.60. The average molecular weight is 438 g/mol. The molecule has 0 N–H and O–H groups in total. The zero-order chi connectivity index (χ0) is 22.7. The lowest BCUT2D eigenvalue weighted by Crippen LogP contribution is -1.96. The van der Waals surface area contributed by atoms with E-state index in [9.17, 15) is 0 Å².